The van der Waals surface area contributed by atoms with Crippen LogP contribution in [0, 0.1) is 45.3 Å². The molecule has 5 rings (SSSR count). The number of rotatable bonds is 8. The fraction of sp³-hybridized carbons (Fsp3) is 0.944. The van der Waals surface area contributed by atoms with Crippen LogP contribution in [0.3, 0.4) is 0 Å². The summed E-state index contributed by atoms with van der Waals surface area (Å²) in [6, 6.07) is 0. The van der Waals surface area contributed by atoms with Crippen LogP contribution in [-0.2, 0) is 9.47 Å². The molecule has 8 heteroatoms. The van der Waals surface area contributed by atoms with Crippen LogP contribution in [0.4, 0.5) is 0 Å². The highest BCUT2D eigenvalue weighted by atomic mass is 16.7. The molecule has 14 atom stereocenters. The van der Waals surface area contributed by atoms with E-state index in [1.54, 1.807) is 13.8 Å². The molecule has 5 aliphatic rings. The van der Waals surface area contributed by atoms with Crippen molar-refractivity contribution in [2.45, 2.75) is 162 Å². The van der Waals surface area contributed by atoms with Crippen LogP contribution < -0.4 is 0 Å². The highest BCUT2D eigenvalue weighted by Gasteiger charge is 2.67. The van der Waals surface area contributed by atoms with Crippen molar-refractivity contribution in [3.8, 4) is 0 Å². The van der Waals surface area contributed by atoms with Gasteiger partial charge in [-0.2, -0.15) is 0 Å². The topological polar surface area (TPSA) is 140 Å². The van der Waals surface area contributed by atoms with E-state index in [2.05, 4.69) is 47.6 Å². The summed E-state index contributed by atoms with van der Waals surface area (Å²) in [6.45, 7) is 17.3. The van der Waals surface area contributed by atoms with E-state index in [1.807, 2.05) is 0 Å². The van der Waals surface area contributed by atoms with Gasteiger partial charge >= 0.3 is 0 Å². The van der Waals surface area contributed by atoms with E-state index in [0.29, 0.717) is 30.1 Å². The molecule has 6 N–H and O–H groups in total. The molecule has 254 valence electrons. The fourth-order valence-corrected chi connectivity index (χ4v) is 11.2. The molecule has 0 amide bonds. The van der Waals surface area contributed by atoms with Gasteiger partial charge in [-0.05, 0) is 112 Å². The van der Waals surface area contributed by atoms with Gasteiger partial charge in [-0.25, -0.2) is 0 Å². The Balaban J connectivity index is 1.30. The third kappa shape index (κ3) is 5.35. The second-order valence-electron chi connectivity index (χ2n) is 17.3. The first-order chi connectivity index (χ1) is 20.3. The highest BCUT2D eigenvalue weighted by Crippen LogP contribution is 2.75. The summed E-state index contributed by atoms with van der Waals surface area (Å²) in [4.78, 5) is 0. The third-order valence-electron chi connectivity index (χ3n) is 14.4. The van der Waals surface area contributed by atoms with Crippen molar-refractivity contribution in [2.75, 3.05) is 6.61 Å². The lowest BCUT2D eigenvalue weighted by Gasteiger charge is -2.66. The van der Waals surface area contributed by atoms with Crippen molar-refractivity contribution in [3.05, 3.63) is 11.6 Å². The van der Waals surface area contributed by atoms with Crippen LogP contribution in [0.15, 0.2) is 11.6 Å². The minimum absolute atomic E-state index is 0.153. The summed E-state index contributed by atoms with van der Waals surface area (Å²) < 4.78 is 11.7. The Hall–Kier alpha value is -0.580. The molecule has 0 bridgehead atoms. The monoisotopic (exact) mass is 622 g/mol. The van der Waals surface area contributed by atoms with E-state index in [4.69, 9.17) is 9.47 Å². The summed E-state index contributed by atoms with van der Waals surface area (Å²) in [5.41, 5.74) is 0.797. The average molecular weight is 623 g/mol. The molecular formula is C36H62O8. The van der Waals surface area contributed by atoms with Crippen LogP contribution in [0.1, 0.15) is 113 Å². The van der Waals surface area contributed by atoms with Crippen molar-refractivity contribution < 1.29 is 40.1 Å². The maximum Gasteiger partial charge on any atom is 0.187 e. The van der Waals surface area contributed by atoms with Crippen molar-refractivity contribution in [3.63, 3.8) is 0 Å². The van der Waals surface area contributed by atoms with Crippen molar-refractivity contribution in [1.29, 1.82) is 0 Å². The van der Waals surface area contributed by atoms with E-state index >= 15 is 0 Å². The first-order valence-corrected chi connectivity index (χ1v) is 17.4. The largest absolute Gasteiger partial charge is 0.394 e. The second-order valence-corrected chi connectivity index (χ2v) is 17.3. The number of ether oxygens (including phenoxy) is 2. The van der Waals surface area contributed by atoms with Gasteiger partial charge in [0.25, 0.3) is 0 Å². The average Bonchev–Trinajstić information content (AvgIpc) is 3.23. The zero-order valence-corrected chi connectivity index (χ0v) is 28.5. The molecule has 1 aliphatic heterocycles. The fourth-order valence-electron chi connectivity index (χ4n) is 11.2. The van der Waals surface area contributed by atoms with Crippen LogP contribution in [-0.4, -0.2) is 85.8 Å². The first-order valence-electron chi connectivity index (χ1n) is 17.4. The normalized spacial score (nSPS) is 48.5. The van der Waals surface area contributed by atoms with E-state index in [-0.39, 0.29) is 27.8 Å². The second kappa shape index (κ2) is 11.8. The summed E-state index contributed by atoms with van der Waals surface area (Å²) in [5, 5.41) is 62.5. The Bertz CT molecular complexity index is 1070. The zero-order chi connectivity index (χ0) is 32.6. The van der Waals surface area contributed by atoms with Gasteiger partial charge in [0.2, 0.25) is 0 Å². The number of allylic oxidation sites excluding steroid dienone is 1. The van der Waals surface area contributed by atoms with E-state index in [1.165, 1.54) is 31.3 Å². The summed E-state index contributed by atoms with van der Waals surface area (Å²) in [6.07, 6.45) is 4.09. The SMILES string of the molecule is C[C@H](CC[C@@H](O[C@@H]1O[C@H](CO)[C@@H](O)[C@H](O)[C@H]1O)C(C)(C)O)C1CC[C@@]2(C)C3CC=C4C(CC[C@H](O)C4(C)C)[C@]3(C)CC[C@]12C. The number of aliphatic hydroxyl groups is 6. The minimum Gasteiger partial charge on any atom is -0.394 e. The van der Waals surface area contributed by atoms with Crippen LogP contribution in [0.2, 0.25) is 0 Å². The van der Waals surface area contributed by atoms with Crippen LogP contribution >= 0.6 is 0 Å². The lowest BCUT2D eigenvalue weighted by atomic mass is 9.39. The van der Waals surface area contributed by atoms with Crippen LogP contribution in [0.5, 0.6) is 0 Å². The summed E-state index contributed by atoms with van der Waals surface area (Å²) in [7, 11) is 0. The molecular weight excluding hydrogens is 560 g/mol. The van der Waals surface area contributed by atoms with Gasteiger partial charge in [-0.1, -0.05) is 53.2 Å². The maximum absolute atomic E-state index is 11.1. The lowest BCUT2D eigenvalue weighted by molar-refractivity contribution is -0.322. The van der Waals surface area contributed by atoms with Gasteiger partial charge in [-0.3, -0.25) is 0 Å². The van der Waals surface area contributed by atoms with Gasteiger partial charge < -0.3 is 40.1 Å². The first kappa shape index (κ1) is 34.7. The molecule has 0 aromatic carbocycles. The molecule has 0 spiro atoms. The molecule has 3 unspecified atom stereocenters. The Kier molecular flexibility index (Phi) is 9.35. The molecule has 3 saturated carbocycles. The zero-order valence-electron chi connectivity index (χ0n) is 28.5. The highest BCUT2D eigenvalue weighted by molar-refractivity contribution is 5.30. The standard InChI is InChI=1S/C36H62O8/c1-20(9-14-27(33(4,5)42)44-31-30(41)29(40)28(39)24(19-37)43-31)21-15-16-36(8)25-12-10-22-23(11-13-26(38)32(22,2)3)34(25,6)17-18-35(21,36)7/h10,20-21,23-31,37-42H,9,11-19H2,1-8H3/t20-,21?,23?,24-,25?,26+,27-,28-,29+,30-,31+,34+,35-,36+/m1/s1. The predicted octanol–water partition coefficient (Wildman–Crippen LogP) is 4.32. The Morgan fingerprint density at radius 3 is 2.23 bits per heavy atom. The van der Waals surface area contributed by atoms with Gasteiger partial charge in [0.1, 0.15) is 24.4 Å². The van der Waals surface area contributed by atoms with Gasteiger partial charge in [-0.15, -0.1) is 0 Å². The predicted molar refractivity (Wildman–Crippen MR) is 168 cm³/mol. The molecule has 1 saturated heterocycles. The van der Waals surface area contributed by atoms with E-state index < -0.39 is 49.0 Å². The van der Waals surface area contributed by atoms with Crippen molar-refractivity contribution in [1.82, 2.24) is 0 Å². The number of aliphatic hydroxyl groups excluding tert-OH is 5. The van der Waals surface area contributed by atoms with Crippen molar-refractivity contribution >= 4 is 0 Å². The number of fused-ring (bicyclic) bond motifs is 5. The number of hydrogen-bond donors (Lipinski definition) is 6. The maximum atomic E-state index is 11.1. The van der Waals surface area contributed by atoms with Gasteiger partial charge in [0.05, 0.1) is 24.4 Å². The molecule has 8 nitrogen and oxygen atoms in total. The molecule has 0 aromatic rings. The van der Waals surface area contributed by atoms with E-state index in [9.17, 15) is 30.6 Å². The third-order valence-corrected chi connectivity index (χ3v) is 14.4. The minimum atomic E-state index is -1.52. The molecule has 0 aromatic heterocycles. The van der Waals surface area contributed by atoms with Gasteiger partial charge in [0.15, 0.2) is 6.29 Å². The smallest absolute Gasteiger partial charge is 0.187 e. The Morgan fingerprint density at radius 1 is 0.909 bits per heavy atom. The van der Waals surface area contributed by atoms with Crippen molar-refractivity contribution in [2.24, 2.45) is 45.3 Å². The molecule has 1 heterocycles. The van der Waals surface area contributed by atoms with Gasteiger partial charge in [0, 0.05) is 5.41 Å². The molecule has 0 radical (unpaired) electrons. The lowest BCUT2D eigenvalue weighted by Crippen LogP contribution is -2.60. The quantitative estimate of drug-likeness (QED) is 0.220. The Labute approximate surface area is 265 Å². The molecule has 4 fully saturated rings. The Morgan fingerprint density at radius 2 is 1.59 bits per heavy atom. The number of hydrogen-bond acceptors (Lipinski definition) is 8. The molecule has 44 heavy (non-hydrogen) atoms. The summed E-state index contributed by atoms with van der Waals surface area (Å²) >= 11 is 0. The summed E-state index contributed by atoms with van der Waals surface area (Å²) in [5.74, 6) is 2.10. The molecule has 4 aliphatic carbocycles. The van der Waals surface area contributed by atoms with E-state index in [0.717, 1.165) is 25.7 Å². The van der Waals surface area contributed by atoms with Crippen LogP contribution in [0.25, 0.3) is 0 Å².